The lowest BCUT2D eigenvalue weighted by atomic mass is 9.92. The average Bonchev–Trinajstić information content (AvgIpc) is 3.29. The first-order valence-electron chi connectivity index (χ1n) is 8.05. The number of nitrogens with zero attached hydrogens (tertiary/aromatic N) is 1. The summed E-state index contributed by atoms with van der Waals surface area (Å²) in [5.41, 5.74) is -0.492. The molecule has 4 heteroatoms. The standard InChI is InChI=1S/C16H30N2O2/c1-12(2)9-10-18(14-7-8-14)11-16(17-3,13-5-6-13)15(19)20-4/h12-14,17H,5-11H2,1-4H3. The maximum Gasteiger partial charge on any atom is 0.327 e. The van der Waals surface area contributed by atoms with E-state index in [2.05, 4.69) is 24.1 Å². The van der Waals surface area contributed by atoms with Gasteiger partial charge >= 0.3 is 5.97 Å². The number of likely N-dealkylation sites (N-methyl/N-ethyl adjacent to an activating group) is 1. The highest BCUT2D eigenvalue weighted by molar-refractivity contribution is 5.82. The van der Waals surface area contributed by atoms with Crippen LogP contribution in [0.1, 0.15) is 46.0 Å². The Morgan fingerprint density at radius 3 is 2.40 bits per heavy atom. The average molecular weight is 282 g/mol. The molecule has 0 saturated heterocycles. The zero-order chi connectivity index (χ0) is 14.8. The number of carbonyl (C=O) groups excluding carboxylic acids is 1. The summed E-state index contributed by atoms with van der Waals surface area (Å²) in [6.45, 7) is 6.42. The van der Waals surface area contributed by atoms with Crippen LogP contribution in [-0.4, -0.2) is 49.7 Å². The summed E-state index contributed by atoms with van der Waals surface area (Å²) in [6.07, 6.45) is 6.03. The molecule has 4 nitrogen and oxygen atoms in total. The number of esters is 1. The Balaban J connectivity index is 2.05. The van der Waals surface area contributed by atoms with E-state index in [-0.39, 0.29) is 5.97 Å². The Morgan fingerprint density at radius 2 is 2.00 bits per heavy atom. The molecule has 0 aliphatic heterocycles. The van der Waals surface area contributed by atoms with Crippen LogP contribution >= 0.6 is 0 Å². The summed E-state index contributed by atoms with van der Waals surface area (Å²) in [5, 5.41) is 3.31. The number of hydrogen-bond acceptors (Lipinski definition) is 4. The maximum absolute atomic E-state index is 12.4. The van der Waals surface area contributed by atoms with Crippen molar-refractivity contribution in [3.63, 3.8) is 0 Å². The minimum absolute atomic E-state index is 0.0855. The third kappa shape index (κ3) is 3.53. The molecule has 0 aromatic heterocycles. The van der Waals surface area contributed by atoms with Crippen LogP contribution in [-0.2, 0) is 9.53 Å². The smallest absolute Gasteiger partial charge is 0.327 e. The van der Waals surface area contributed by atoms with Gasteiger partial charge in [0.1, 0.15) is 5.54 Å². The van der Waals surface area contributed by atoms with E-state index >= 15 is 0 Å². The number of rotatable bonds is 9. The molecule has 0 radical (unpaired) electrons. The Labute approximate surface area is 123 Å². The van der Waals surface area contributed by atoms with Crippen molar-refractivity contribution in [1.29, 1.82) is 0 Å². The molecule has 1 atom stereocenters. The van der Waals surface area contributed by atoms with Crippen LogP contribution in [0.3, 0.4) is 0 Å². The zero-order valence-corrected chi connectivity index (χ0v) is 13.4. The second-order valence-corrected chi connectivity index (χ2v) is 6.87. The van der Waals surface area contributed by atoms with E-state index < -0.39 is 5.54 Å². The van der Waals surface area contributed by atoms with Crippen molar-refractivity contribution < 1.29 is 9.53 Å². The first-order chi connectivity index (χ1) is 9.53. The van der Waals surface area contributed by atoms with Gasteiger partial charge in [-0.15, -0.1) is 0 Å². The van der Waals surface area contributed by atoms with Gasteiger partial charge in [-0.05, 0) is 57.5 Å². The summed E-state index contributed by atoms with van der Waals surface area (Å²) in [4.78, 5) is 14.9. The van der Waals surface area contributed by atoms with Crippen molar-refractivity contribution >= 4 is 5.97 Å². The third-order valence-corrected chi connectivity index (χ3v) is 4.78. The van der Waals surface area contributed by atoms with Gasteiger partial charge < -0.3 is 10.1 Å². The Kier molecular flexibility index (Phi) is 5.08. The number of hydrogen-bond donors (Lipinski definition) is 1. The first-order valence-corrected chi connectivity index (χ1v) is 8.05. The molecule has 0 spiro atoms. The van der Waals surface area contributed by atoms with Crippen LogP contribution in [0.5, 0.6) is 0 Å². The monoisotopic (exact) mass is 282 g/mol. The molecular formula is C16H30N2O2. The lowest BCUT2D eigenvalue weighted by Gasteiger charge is -2.36. The second kappa shape index (κ2) is 6.44. The van der Waals surface area contributed by atoms with Crippen molar-refractivity contribution in [3.8, 4) is 0 Å². The molecule has 0 bridgehead atoms. The molecule has 1 N–H and O–H groups in total. The Bertz CT molecular complexity index is 337. The molecule has 0 amide bonds. The SMILES string of the molecule is CNC(CN(CCC(C)C)C1CC1)(C(=O)OC)C1CC1. The minimum Gasteiger partial charge on any atom is -0.468 e. The molecule has 2 aliphatic rings. The first kappa shape index (κ1) is 15.8. The largest absolute Gasteiger partial charge is 0.468 e. The summed E-state index contributed by atoms with van der Waals surface area (Å²) in [5.74, 6) is 1.07. The summed E-state index contributed by atoms with van der Waals surface area (Å²) >= 11 is 0. The predicted octanol–water partition coefficient (Wildman–Crippen LogP) is 2.04. The van der Waals surface area contributed by atoms with Gasteiger partial charge in [-0.2, -0.15) is 0 Å². The number of nitrogens with one attached hydrogen (secondary N) is 1. The van der Waals surface area contributed by atoms with Crippen molar-refractivity contribution in [2.24, 2.45) is 11.8 Å². The van der Waals surface area contributed by atoms with Gasteiger partial charge in [0.2, 0.25) is 0 Å². The molecule has 116 valence electrons. The van der Waals surface area contributed by atoms with Gasteiger partial charge in [-0.3, -0.25) is 4.90 Å². The van der Waals surface area contributed by atoms with Crippen LogP contribution < -0.4 is 5.32 Å². The van der Waals surface area contributed by atoms with Gasteiger partial charge in [0, 0.05) is 12.6 Å². The molecule has 0 aromatic carbocycles. The summed E-state index contributed by atoms with van der Waals surface area (Å²) in [7, 11) is 3.41. The Morgan fingerprint density at radius 1 is 1.35 bits per heavy atom. The second-order valence-electron chi connectivity index (χ2n) is 6.87. The van der Waals surface area contributed by atoms with Gasteiger partial charge in [0.05, 0.1) is 7.11 Å². The minimum atomic E-state index is -0.492. The lowest BCUT2D eigenvalue weighted by molar-refractivity contribution is -0.150. The van der Waals surface area contributed by atoms with E-state index in [1.54, 1.807) is 0 Å². The lowest BCUT2D eigenvalue weighted by Crippen LogP contribution is -2.60. The zero-order valence-electron chi connectivity index (χ0n) is 13.4. The normalized spacial score (nSPS) is 22.1. The van der Waals surface area contributed by atoms with Crippen LogP contribution in [0, 0.1) is 11.8 Å². The fourth-order valence-electron chi connectivity index (χ4n) is 3.08. The molecule has 2 aliphatic carbocycles. The maximum atomic E-state index is 12.4. The van der Waals surface area contributed by atoms with Crippen molar-refractivity contribution in [3.05, 3.63) is 0 Å². The quantitative estimate of drug-likeness (QED) is 0.657. The van der Waals surface area contributed by atoms with E-state index in [1.165, 1.54) is 26.4 Å². The molecule has 2 rings (SSSR count). The number of carbonyl (C=O) groups is 1. The highest BCUT2D eigenvalue weighted by Crippen LogP contribution is 2.42. The highest BCUT2D eigenvalue weighted by atomic mass is 16.5. The fourth-order valence-corrected chi connectivity index (χ4v) is 3.08. The van der Waals surface area contributed by atoms with Gasteiger partial charge in [-0.1, -0.05) is 13.8 Å². The molecule has 0 aromatic rings. The van der Waals surface area contributed by atoms with E-state index in [0.29, 0.717) is 17.9 Å². The highest BCUT2D eigenvalue weighted by Gasteiger charge is 2.52. The van der Waals surface area contributed by atoms with E-state index in [9.17, 15) is 4.79 Å². The number of ether oxygens (including phenoxy) is 1. The molecule has 2 fully saturated rings. The van der Waals surface area contributed by atoms with Crippen molar-refractivity contribution in [1.82, 2.24) is 10.2 Å². The van der Waals surface area contributed by atoms with Crippen LogP contribution in [0.2, 0.25) is 0 Å². The molecule has 2 saturated carbocycles. The number of methoxy groups -OCH3 is 1. The fraction of sp³-hybridized carbons (Fsp3) is 0.938. The molecule has 1 unspecified atom stereocenters. The topological polar surface area (TPSA) is 41.6 Å². The van der Waals surface area contributed by atoms with Crippen molar-refractivity contribution in [2.45, 2.75) is 57.5 Å². The van der Waals surface area contributed by atoms with Gasteiger partial charge in [0.25, 0.3) is 0 Å². The third-order valence-electron chi connectivity index (χ3n) is 4.78. The van der Waals surface area contributed by atoms with E-state index in [1.807, 2.05) is 7.05 Å². The van der Waals surface area contributed by atoms with E-state index in [0.717, 1.165) is 25.9 Å². The molecular weight excluding hydrogens is 252 g/mol. The molecule has 20 heavy (non-hydrogen) atoms. The predicted molar refractivity (Wildman–Crippen MR) is 80.6 cm³/mol. The van der Waals surface area contributed by atoms with Gasteiger partial charge in [-0.25, -0.2) is 4.79 Å². The van der Waals surface area contributed by atoms with Crippen LogP contribution in [0.25, 0.3) is 0 Å². The van der Waals surface area contributed by atoms with Crippen molar-refractivity contribution in [2.75, 3.05) is 27.2 Å². The van der Waals surface area contributed by atoms with Crippen LogP contribution in [0.4, 0.5) is 0 Å². The molecule has 0 heterocycles. The van der Waals surface area contributed by atoms with E-state index in [4.69, 9.17) is 4.74 Å². The summed E-state index contributed by atoms with van der Waals surface area (Å²) in [6, 6.07) is 0.685. The van der Waals surface area contributed by atoms with Crippen LogP contribution in [0.15, 0.2) is 0 Å². The summed E-state index contributed by atoms with van der Waals surface area (Å²) < 4.78 is 5.11. The van der Waals surface area contributed by atoms with Gasteiger partial charge in [0.15, 0.2) is 0 Å². The Hall–Kier alpha value is -0.610.